The first kappa shape index (κ1) is 22.0. The third-order valence-electron chi connectivity index (χ3n) is 5.17. The van der Waals surface area contributed by atoms with E-state index in [1.54, 1.807) is 11.0 Å². The minimum atomic E-state index is -0.579. The summed E-state index contributed by atoms with van der Waals surface area (Å²) in [7, 11) is 0. The highest BCUT2D eigenvalue weighted by Crippen LogP contribution is 2.29. The number of esters is 1. The average Bonchev–Trinajstić information content (AvgIpc) is 3.09. The molecule has 0 aromatic heterocycles. The molecule has 0 aliphatic carbocycles. The standard InChI is InChI=1S/C23H25BrN2O4/c1-4-16-10-18(24)6-7-19(16)25-21(27)13-30-23(29)17-11-22(28)26(12-17)20-8-5-14(2)9-15(20)3/h5-10,17H,4,11-13H2,1-3H3,(H,25,27)/t17-/m1/s1. The van der Waals surface area contributed by atoms with Crippen LogP contribution in [0, 0.1) is 19.8 Å². The zero-order valence-electron chi connectivity index (χ0n) is 17.3. The van der Waals surface area contributed by atoms with Crippen LogP contribution in [0.25, 0.3) is 0 Å². The second kappa shape index (κ2) is 9.43. The highest BCUT2D eigenvalue weighted by Gasteiger charge is 2.36. The highest BCUT2D eigenvalue weighted by atomic mass is 79.9. The molecule has 2 aromatic rings. The first-order valence-corrected chi connectivity index (χ1v) is 10.7. The van der Waals surface area contributed by atoms with Gasteiger partial charge in [0.15, 0.2) is 6.61 Å². The van der Waals surface area contributed by atoms with E-state index in [2.05, 4.69) is 21.2 Å². The van der Waals surface area contributed by atoms with E-state index in [0.29, 0.717) is 5.69 Å². The Morgan fingerprint density at radius 2 is 1.97 bits per heavy atom. The number of nitrogens with one attached hydrogen (secondary N) is 1. The van der Waals surface area contributed by atoms with E-state index in [-0.39, 0.29) is 25.5 Å². The number of hydrogen-bond acceptors (Lipinski definition) is 4. The minimum Gasteiger partial charge on any atom is -0.455 e. The fourth-order valence-electron chi connectivity index (χ4n) is 3.62. The Morgan fingerprint density at radius 1 is 1.20 bits per heavy atom. The van der Waals surface area contributed by atoms with Gasteiger partial charge in [-0.25, -0.2) is 0 Å². The summed E-state index contributed by atoms with van der Waals surface area (Å²) in [5.41, 5.74) is 4.58. The lowest BCUT2D eigenvalue weighted by molar-refractivity contribution is -0.151. The summed E-state index contributed by atoms with van der Waals surface area (Å²) in [5.74, 6) is -1.63. The fourth-order valence-corrected chi connectivity index (χ4v) is 4.03. The molecule has 1 aliphatic heterocycles. The van der Waals surface area contributed by atoms with Crippen molar-refractivity contribution in [2.75, 3.05) is 23.4 Å². The molecule has 0 unspecified atom stereocenters. The van der Waals surface area contributed by atoms with Gasteiger partial charge in [0.1, 0.15) is 0 Å². The summed E-state index contributed by atoms with van der Waals surface area (Å²) in [6.07, 6.45) is 0.841. The Balaban J connectivity index is 1.56. The molecule has 3 rings (SSSR count). The fraction of sp³-hybridized carbons (Fsp3) is 0.348. The molecule has 30 heavy (non-hydrogen) atoms. The predicted octanol–water partition coefficient (Wildman–Crippen LogP) is 4.16. The number of carbonyl (C=O) groups excluding carboxylic acids is 3. The molecule has 2 amide bonds. The van der Waals surface area contributed by atoms with Crippen LogP contribution >= 0.6 is 15.9 Å². The second-order valence-corrected chi connectivity index (χ2v) is 8.42. The van der Waals surface area contributed by atoms with Gasteiger partial charge < -0.3 is 15.0 Å². The first-order valence-electron chi connectivity index (χ1n) is 9.91. The van der Waals surface area contributed by atoms with Crippen molar-refractivity contribution in [2.24, 2.45) is 5.92 Å². The lowest BCUT2D eigenvalue weighted by Gasteiger charge is -2.19. The van der Waals surface area contributed by atoms with Gasteiger partial charge in [-0.2, -0.15) is 0 Å². The molecule has 0 bridgehead atoms. The van der Waals surface area contributed by atoms with Crippen molar-refractivity contribution >= 4 is 45.1 Å². The summed E-state index contributed by atoms with van der Waals surface area (Å²) < 4.78 is 6.13. The maximum absolute atomic E-state index is 12.4. The molecule has 2 aromatic carbocycles. The molecule has 6 nitrogen and oxygen atoms in total. The smallest absolute Gasteiger partial charge is 0.311 e. The largest absolute Gasteiger partial charge is 0.455 e. The van der Waals surface area contributed by atoms with Crippen molar-refractivity contribution in [2.45, 2.75) is 33.6 Å². The van der Waals surface area contributed by atoms with Crippen LogP contribution in [0.2, 0.25) is 0 Å². The monoisotopic (exact) mass is 472 g/mol. The third kappa shape index (κ3) is 5.08. The number of nitrogens with zero attached hydrogens (tertiary/aromatic N) is 1. The molecule has 158 valence electrons. The number of hydrogen-bond donors (Lipinski definition) is 1. The number of ether oxygens (including phenoxy) is 1. The molecule has 1 saturated heterocycles. The van der Waals surface area contributed by atoms with Gasteiger partial charge in [0, 0.05) is 28.8 Å². The second-order valence-electron chi connectivity index (χ2n) is 7.51. The Labute approximate surface area is 184 Å². The summed E-state index contributed by atoms with van der Waals surface area (Å²) >= 11 is 3.41. The van der Waals surface area contributed by atoms with Gasteiger partial charge in [0.25, 0.3) is 5.91 Å². The number of benzene rings is 2. The van der Waals surface area contributed by atoms with Crippen molar-refractivity contribution in [1.82, 2.24) is 0 Å². The highest BCUT2D eigenvalue weighted by molar-refractivity contribution is 9.10. The van der Waals surface area contributed by atoms with Crippen molar-refractivity contribution in [3.05, 3.63) is 57.6 Å². The first-order chi connectivity index (χ1) is 14.3. The Bertz CT molecular complexity index is 989. The van der Waals surface area contributed by atoms with Crippen LogP contribution in [-0.2, 0) is 25.5 Å². The van der Waals surface area contributed by atoms with Crippen molar-refractivity contribution < 1.29 is 19.1 Å². The molecule has 1 atom stereocenters. The van der Waals surface area contributed by atoms with Crippen LogP contribution in [0.15, 0.2) is 40.9 Å². The van der Waals surface area contributed by atoms with E-state index >= 15 is 0 Å². The molecule has 1 N–H and O–H groups in total. The van der Waals surface area contributed by atoms with Gasteiger partial charge in [-0.15, -0.1) is 0 Å². The normalized spacial score (nSPS) is 15.9. The zero-order chi connectivity index (χ0) is 21.8. The van der Waals surface area contributed by atoms with E-state index in [4.69, 9.17) is 4.74 Å². The summed E-state index contributed by atoms with van der Waals surface area (Å²) in [5, 5.41) is 2.78. The van der Waals surface area contributed by atoms with Gasteiger partial charge in [0.05, 0.1) is 5.92 Å². The van der Waals surface area contributed by atoms with Crippen LogP contribution in [0.5, 0.6) is 0 Å². The predicted molar refractivity (Wildman–Crippen MR) is 119 cm³/mol. The van der Waals surface area contributed by atoms with Gasteiger partial charge >= 0.3 is 5.97 Å². The molecule has 7 heteroatoms. The number of rotatable bonds is 6. The molecule has 0 saturated carbocycles. The van der Waals surface area contributed by atoms with Crippen LogP contribution in [0.4, 0.5) is 11.4 Å². The van der Waals surface area contributed by atoms with E-state index in [1.807, 2.05) is 51.1 Å². The number of carbonyl (C=O) groups is 3. The van der Waals surface area contributed by atoms with Crippen LogP contribution in [0.1, 0.15) is 30.0 Å². The van der Waals surface area contributed by atoms with Gasteiger partial charge in [0.2, 0.25) is 5.91 Å². The molecular weight excluding hydrogens is 448 g/mol. The lowest BCUT2D eigenvalue weighted by atomic mass is 10.1. The number of aryl methyl sites for hydroxylation is 3. The Morgan fingerprint density at radius 3 is 2.67 bits per heavy atom. The summed E-state index contributed by atoms with van der Waals surface area (Å²) in [6.45, 7) is 5.81. The minimum absolute atomic E-state index is 0.0838. The van der Waals surface area contributed by atoms with E-state index in [0.717, 1.165) is 33.3 Å². The molecule has 1 heterocycles. The zero-order valence-corrected chi connectivity index (χ0v) is 18.9. The number of amides is 2. The average molecular weight is 473 g/mol. The maximum Gasteiger partial charge on any atom is 0.311 e. The van der Waals surface area contributed by atoms with Gasteiger partial charge in [-0.05, 0) is 55.7 Å². The van der Waals surface area contributed by atoms with E-state index < -0.39 is 17.8 Å². The van der Waals surface area contributed by atoms with Crippen LogP contribution in [0.3, 0.4) is 0 Å². The molecule has 0 spiro atoms. The van der Waals surface area contributed by atoms with Crippen molar-refractivity contribution in [1.29, 1.82) is 0 Å². The lowest BCUT2D eigenvalue weighted by Crippen LogP contribution is -2.28. The van der Waals surface area contributed by atoms with Gasteiger partial charge in [-0.1, -0.05) is 40.5 Å². The topological polar surface area (TPSA) is 75.7 Å². The van der Waals surface area contributed by atoms with Crippen LogP contribution < -0.4 is 10.2 Å². The molecule has 0 radical (unpaired) electrons. The molecule has 1 fully saturated rings. The van der Waals surface area contributed by atoms with Gasteiger partial charge in [-0.3, -0.25) is 14.4 Å². The SMILES string of the molecule is CCc1cc(Br)ccc1NC(=O)COC(=O)[C@@H]1CC(=O)N(c2ccc(C)cc2C)C1. The molecular formula is C23H25BrN2O4. The van der Waals surface area contributed by atoms with E-state index in [1.165, 1.54) is 0 Å². The summed E-state index contributed by atoms with van der Waals surface area (Å²) in [6, 6.07) is 11.4. The molecule has 1 aliphatic rings. The third-order valence-corrected chi connectivity index (χ3v) is 5.66. The quantitative estimate of drug-likeness (QED) is 0.640. The Kier molecular flexibility index (Phi) is 6.92. The Hall–Kier alpha value is -2.67. The number of halogens is 1. The number of anilines is 2. The van der Waals surface area contributed by atoms with Crippen molar-refractivity contribution in [3.8, 4) is 0 Å². The maximum atomic E-state index is 12.4. The van der Waals surface area contributed by atoms with Crippen LogP contribution in [-0.4, -0.2) is 30.9 Å². The van der Waals surface area contributed by atoms with E-state index in [9.17, 15) is 14.4 Å². The summed E-state index contributed by atoms with van der Waals surface area (Å²) in [4.78, 5) is 38.7. The van der Waals surface area contributed by atoms with Crippen molar-refractivity contribution in [3.63, 3.8) is 0 Å².